The molecular formula is C21H25FN4O2. The first-order valence-corrected chi connectivity index (χ1v) is 9.67. The van der Waals surface area contributed by atoms with Gasteiger partial charge in [-0.3, -0.25) is 0 Å². The second-order valence-corrected chi connectivity index (χ2v) is 8.24. The molecule has 2 saturated heterocycles. The van der Waals surface area contributed by atoms with Gasteiger partial charge in [-0.2, -0.15) is 0 Å². The Bertz CT molecular complexity index is 902. The molecule has 2 N–H and O–H groups in total. The molecule has 7 heteroatoms. The quantitative estimate of drug-likeness (QED) is 0.845. The van der Waals surface area contributed by atoms with Crippen molar-refractivity contribution in [2.24, 2.45) is 5.92 Å². The fraction of sp³-hybridized carbons (Fsp3) is 0.476. The van der Waals surface area contributed by atoms with Crippen molar-refractivity contribution >= 4 is 11.7 Å². The van der Waals surface area contributed by atoms with E-state index < -0.39 is 17.5 Å². The lowest BCUT2D eigenvalue weighted by Gasteiger charge is -2.64. The minimum atomic E-state index is -0.571. The second kappa shape index (κ2) is 6.81. The van der Waals surface area contributed by atoms with Crippen molar-refractivity contribution in [3.05, 3.63) is 42.0 Å². The summed E-state index contributed by atoms with van der Waals surface area (Å²) >= 11 is 0. The Morgan fingerprint density at radius 2 is 2.07 bits per heavy atom. The van der Waals surface area contributed by atoms with Gasteiger partial charge in [0.2, 0.25) is 0 Å². The summed E-state index contributed by atoms with van der Waals surface area (Å²) < 4.78 is 13.1. The number of fused-ring (bicyclic) bond motifs is 2. The van der Waals surface area contributed by atoms with Crippen LogP contribution in [0.25, 0.3) is 11.4 Å². The van der Waals surface area contributed by atoms with Gasteiger partial charge in [0.05, 0.1) is 24.0 Å². The van der Waals surface area contributed by atoms with Crippen LogP contribution in [0.5, 0.6) is 0 Å². The number of urea groups is 1. The highest BCUT2D eigenvalue weighted by Crippen LogP contribution is 2.51. The highest BCUT2D eigenvalue weighted by atomic mass is 19.1. The van der Waals surface area contributed by atoms with Crippen molar-refractivity contribution in [2.45, 2.75) is 57.7 Å². The standard InChI is InChI=1S/C21H25FN4O2/c1-12-6-17-9-21(8-12,14(3)27)26(17)20(28)25-16-5-4-13(2)18(7-16)19-23-10-15(22)11-24-19/h4-5,7,10-12,14,17,27H,6,8-9H2,1-3H3,(H,25,28)/t12-,14+,17-,21+/m1/s1. The minimum absolute atomic E-state index is 0.170. The Morgan fingerprint density at radius 3 is 2.75 bits per heavy atom. The van der Waals surface area contributed by atoms with E-state index in [2.05, 4.69) is 22.2 Å². The van der Waals surface area contributed by atoms with Gasteiger partial charge in [-0.05, 0) is 56.7 Å². The first-order valence-electron chi connectivity index (χ1n) is 9.67. The lowest BCUT2D eigenvalue weighted by molar-refractivity contribution is -0.146. The molecule has 2 bridgehead atoms. The summed E-state index contributed by atoms with van der Waals surface area (Å²) in [5, 5.41) is 13.3. The molecule has 0 saturated carbocycles. The molecule has 1 aromatic heterocycles. The van der Waals surface area contributed by atoms with Crippen LogP contribution in [-0.4, -0.2) is 43.7 Å². The van der Waals surface area contributed by atoms with Crippen molar-refractivity contribution in [1.82, 2.24) is 14.9 Å². The number of carbonyl (C=O) groups excluding carboxylic acids is 1. The zero-order valence-corrected chi connectivity index (χ0v) is 16.3. The Kier molecular flexibility index (Phi) is 4.57. The average molecular weight is 384 g/mol. The van der Waals surface area contributed by atoms with Crippen LogP contribution in [0.15, 0.2) is 30.6 Å². The summed E-state index contributed by atoms with van der Waals surface area (Å²) in [4.78, 5) is 22.9. The molecule has 2 aliphatic heterocycles. The van der Waals surface area contributed by atoms with E-state index in [-0.39, 0.29) is 12.1 Å². The largest absolute Gasteiger partial charge is 0.391 e. The van der Waals surface area contributed by atoms with Crippen LogP contribution in [0, 0.1) is 18.7 Å². The van der Waals surface area contributed by atoms with Gasteiger partial charge in [0.25, 0.3) is 0 Å². The molecule has 6 nitrogen and oxygen atoms in total. The van der Waals surface area contributed by atoms with E-state index in [1.807, 2.05) is 24.0 Å². The van der Waals surface area contributed by atoms with Crippen molar-refractivity contribution in [3.8, 4) is 11.4 Å². The van der Waals surface area contributed by atoms with Crippen LogP contribution in [-0.2, 0) is 0 Å². The Labute approximate surface area is 163 Å². The highest BCUT2D eigenvalue weighted by Gasteiger charge is 2.60. The molecule has 2 aliphatic rings. The topological polar surface area (TPSA) is 78.4 Å². The molecule has 148 valence electrons. The predicted molar refractivity (Wildman–Crippen MR) is 104 cm³/mol. The van der Waals surface area contributed by atoms with Crippen LogP contribution in [0.2, 0.25) is 0 Å². The van der Waals surface area contributed by atoms with Crippen molar-refractivity contribution in [3.63, 3.8) is 0 Å². The summed E-state index contributed by atoms with van der Waals surface area (Å²) in [6.07, 6.45) is 4.31. The maximum atomic E-state index is 13.1. The van der Waals surface area contributed by atoms with Gasteiger partial charge in [0, 0.05) is 17.3 Å². The van der Waals surface area contributed by atoms with Gasteiger partial charge in [0.15, 0.2) is 11.6 Å². The summed E-state index contributed by atoms with van der Waals surface area (Å²) in [7, 11) is 0. The maximum Gasteiger partial charge on any atom is 0.322 e. The normalized spacial score (nSPS) is 27.1. The van der Waals surface area contributed by atoms with Gasteiger partial charge in [-0.25, -0.2) is 19.2 Å². The second-order valence-electron chi connectivity index (χ2n) is 8.24. The first kappa shape index (κ1) is 18.8. The number of aryl methyl sites for hydroxylation is 1. The third-order valence-corrected chi connectivity index (χ3v) is 6.16. The number of nitrogens with one attached hydrogen (secondary N) is 1. The van der Waals surface area contributed by atoms with Gasteiger partial charge in [0.1, 0.15) is 0 Å². The number of benzene rings is 1. The summed E-state index contributed by atoms with van der Waals surface area (Å²) in [6.45, 7) is 5.86. The number of carbonyl (C=O) groups is 1. The number of nitrogens with zero attached hydrogens (tertiary/aromatic N) is 3. The Morgan fingerprint density at radius 1 is 1.36 bits per heavy atom. The van der Waals surface area contributed by atoms with E-state index in [0.717, 1.165) is 42.8 Å². The van der Waals surface area contributed by atoms with Crippen LogP contribution in [0.3, 0.4) is 0 Å². The summed E-state index contributed by atoms with van der Waals surface area (Å²) in [5.74, 6) is 0.414. The summed E-state index contributed by atoms with van der Waals surface area (Å²) in [5.41, 5.74) is 1.82. The number of aliphatic hydroxyl groups is 1. The number of anilines is 1. The SMILES string of the molecule is Cc1ccc(NC(=O)N2[C@@H]3C[C@@H](C)C[C@@]2([C@H](C)O)C3)cc1-c1ncc(F)cn1. The lowest BCUT2D eigenvalue weighted by Crippen LogP contribution is -2.76. The molecule has 1 aromatic carbocycles. The molecule has 4 rings (SSSR count). The van der Waals surface area contributed by atoms with E-state index in [0.29, 0.717) is 17.4 Å². The maximum absolute atomic E-state index is 13.1. The van der Waals surface area contributed by atoms with Crippen molar-refractivity contribution in [1.29, 1.82) is 0 Å². The number of halogens is 1. The van der Waals surface area contributed by atoms with Crippen LogP contribution in [0.1, 0.15) is 38.7 Å². The average Bonchev–Trinajstić information content (AvgIpc) is 2.63. The third kappa shape index (κ3) is 3.03. The van der Waals surface area contributed by atoms with Crippen LogP contribution < -0.4 is 5.32 Å². The highest BCUT2D eigenvalue weighted by molar-refractivity contribution is 5.92. The van der Waals surface area contributed by atoms with Gasteiger partial charge in [-0.15, -0.1) is 0 Å². The number of piperidine rings is 1. The van der Waals surface area contributed by atoms with E-state index in [9.17, 15) is 14.3 Å². The Hall–Kier alpha value is -2.54. The molecule has 0 spiro atoms. The molecule has 2 fully saturated rings. The zero-order valence-electron chi connectivity index (χ0n) is 16.3. The first-order chi connectivity index (χ1) is 13.3. The smallest absolute Gasteiger partial charge is 0.322 e. The van der Waals surface area contributed by atoms with Gasteiger partial charge in [-0.1, -0.05) is 13.0 Å². The number of amides is 2. The molecule has 2 amide bonds. The molecule has 4 atom stereocenters. The number of aliphatic hydroxyl groups excluding tert-OH is 1. The van der Waals surface area contributed by atoms with E-state index in [1.165, 1.54) is 0 Å². The van der Waals surface area contributed by atoms with E-state index in [4.69, 9.17) is 0 Å². The fourth-order valence-corrected chi connectivity index (χ4v) is 4.86. The fourth-order valence-electron chi connectivity index (χ4n) is 4.86. The van der Waals surface area contributed by atoms with Crippen LogP contribution in [0.4, 0.5) is 14.9 Å². The molecule has 0 unspecified atom stereocenters. The molecule has 3 heterocycles. The van der Waals surface area contributed by atoms with Crippen LogP contribution >= 0.6 is 0 Å². The predicted octanol–water partition coefficient (Wildman–Crippen LogP) is 3.75. The number of hydrogen-bond donors (Lipinski definition) is 2. The molecule has 28 heavy (non-hydrogen) atoms. The molecule has 0 radical (unpaired) electrons. The lowest BCUT2D eigenvalue weighted by atomic mass is 9.62. The van der Waals surface area contributed by atoms with E-state index in [1.54, 1.807) is 13.0 Å². The Balaban J connectivity index is 1.57. The monoisotopic (exact) mass is 384 g/mol. The zero-order chi connectivity index (χ0) is 20.1. The van der Waals surface area contributed by atoms with Crippen molar-refractivity contribution in [2.75, 3.05) is 5.32 Å². The van der Waals surface area contributed by atoms with Gasteiger partial charge >= 0.3 is 6.03 Å². The summed E-state index contributed by atoms with van der Waals surface area (Å²) in [6, 6.07) is 5.48. The number of rotatable bonds is 3. The number of hydrogen-bond acceptors (Lipinski definition) is 4. The molecule has 2 aromatic rings. The number of aromatic nitrogens is 2. The van der Waals surface area contributed by atoms with Gasteiger partial charge < -0.3 is 15.3 Å². The molecule has 0 aliphatic carbocycles. The minimum Gasteiger partial charge on any atom is -0.391 e. The van der Waals surface area contributed by atoms with E-state index >= 15 is 0 Å². The third-order valence-electron chi connectivity index (χ3n) is 6.16. The van der Waals surface area contributed by atoms with Crippen molar-refractivity contribution < 1.29 is 14.3 Å². The molecular weight excluding hydrogens is 359 g/mol.